The molecule has 5 nitrogen and oxygen atoms in total. The number of nitrogens with one attached hydrogen (secondary N) is 2. The molecule has 6 heteroatoms. The van der Waals surface area contributed by atoms with Gasteiger partial charge in [-0.05, 0) is 37.3 Å². The van der Waals surface area contributed by atoms with Crippen LogP contribution in [0.5, 0.6) is 0 Å². The summed E-state index contributed by atoms with van der Waals surface area (Å²) in [5.41, 5.74) is 2.92. The lowest BCUT2D eigenvalue weighted by molar-refractivity contribution is 0.831. The van der Waals surface area contributed by atoms with Gasteiger partial charge < -0.3 is 10.3 Å². The normalized spacial score (nSPS) is 13.4. The number of H-pyrrole nitrogens is 1. The fraction of sp³-hybridized carbons (Fsp3) is 0.500. The van der Waals surface area contributed by atoms with Gasteiger partial charge in [0.1, 0.15) is 0 Å². The standard InChI is InChI=1S/C14H18N4OS/c1-2-3-7-15-14-18-17-13(20-14)10-8-9-5-4-6-11(9)16-12(10)19/h8H,2-7H2,1H3,(H,15,18)(H,16,19). The van der Waals surface area contributed by atoms with Gasteiger partial charge in [-0.25, -0.2) is 0 Å². The predicted molar refractivity (Wildman–Crippen MR) is 81.4 cm³/mol. The molecule has 3 rings (SSSR count). The van der Waals surface area contributed by atoms with Crippen LogP contribution in [-0.4, -0.2) is 21.7 Å². The molecule has 0 saturated heterocycles. The Kier molecular flexibility index (Phi) is 3.82. The number of hydrogen-bond acceptors (Lipinski definition) is 5. The van der Waals surface area contributed by atoms with Crippen molar-refractivity contribution in [3.8, 4) is 10.6 Å². The average molecular weight is 290 g/mol. The minimum Gasteiger partial charge on any atom is -0.360 e. The highest BCUT2D eigenvalue weighted by Crippen LogP contribution is 2.27. The van der Waals surface area contributed by atoms with E-state index >= 15 is 0 Å². The lowest BCUT2D eigenvalue weighted by Gasteiger charge is -2.01. The Morgan fingerprint density at radius 3 is 3.15 bits per heavy atom. The summed E-state index contributed by atoms with van der Waals surface area (Å²) >= 11 is 1.44. The Morgan fingerprint density at radius 1 is 1.40 bits per heavy atom. The lowest BCUT2D eigenvalue weighted by Crippen LogP contribution is -2.11. The lowest BCUT2D eigenvalue weighted by atomic mass is 10.1. The van der Waals surface area contributed by atoms with Crippen molar-refractivity contribution in [1.82, 2.24) is 15.2 Å². The number of hydrogen-bond donors (Lipinski definition) is 2. The highest BCUT2D eigenvalue weighted by atomic mass is 32.1. The molecule has 0 bridgehead atoms. The van der Waals surface area contributed by atoms with Gasteiger partial charge in [0.2, 0.25) is 5.13 Å². The minimum absolute atomic E-state index is 0.0538. The van der Waals surface area contributed by atoms with Crippen molar-refractivity contribution in [3.63, 3.8) is 0 Å². The number of aromatic amines is 1. The summed E-state index contributed by atoms with van der Waals surface area (Å²) in [7, 11) is 0. The van der Waals surface area contributed by atoms with E-state index in [4.69, 9.17) is 0 Å². The highest BCUT2D eigenvalue weighted by Gasteiger charge is 2.17. The molecule has 2 aromatic heterocycles. The molecule has 0 spiro atoms. The van der Waals surface area contributed by atoms with Crippen LogP contribution in [0.2, 0.25) is 0 Å². The number of aromatic nitrogens is 3. The first-order valence-corrected chi connectivity index (χ1v) is 7.92. The maximum absolute atomic E-state index is 12.1. The van der Waals surface area contributed by atoms with Gasteiger partial charge in [-0.3, -0.25) is 4.79 Å². The molecule has 0 saturated carbocycles. The zero-order valence-corrected chi connectivity index (χ0v) is 12.3. The van der Waals surface area contributed by atoms with Gasteiger partial charge in [0.05, 0.1) is 5.56 Å². The van der Waals surface area contributed by atoms with Crippen molar-refractivity contribution in [2.24, 2.45) is 0 Å². The summed E-state index contributed by atoms with van der Waals surface area (Å²) in [6.07, 6.45) is 5.39. The van der Waals surface area contributed by atoms with E-state index < -0.39 is 0 Å². The summed E-state index contributed by atoms with van der Waals surface area (Å²) < 4.78 is 0. The Morgan fingerprint density at radius 2 is 2.30 bits per heavy atom. The molecular formula is C14H18N4OS. The Hall–Kier alpha value is -1.69. The first-order chi connectivity index (χ1) is 9.78. The Labute approximate surface area is 121 Å². The van der Waals surface area contributed by atoms with Crippen molar-refractivity contribution >= 4 is 16.5 Å². The smallest absolute Gasteiger partial charge is 0.258 e. The van der Waals surface area contributed by atoms with Gasteiger partial charge in [-0.2, -0.15) is 0 Å². The summed E-state index contributed by atoms with van der Waals surface area (Å²) in [5.74, 6) is 0. The second-order valence-electron chi connectivity index (χ2n) is 5.06. The van der Waals surface area contributed by atoms with E-state index in [0.29, 0.717) is 10.6 Å². The molecule has 0 aromatic carbocycles. The van der Waals surface area contributed by atoms with Crippen molar-refractivity contribution in [2.45, 2.75) is 39.0 Å². The van der Waals surface area contributed by atoms with E-state index in [1.165, 1.54) is 16.9 Å². The maximum Gasteiger partial charge on any atom is 0.258 e. The van der Waals surface area contributed by atoms with E-state index in [-0.39, 0.29) is 5.56 Å². The molecule has 2 aromatic rings. The van der Waals surface area contributed by atoms with Crippen LogP contribution in [0, 0.1) is 0 Å². The zero-order chi connectivity index (χ0) is 13.9. The van der Waals surface area contributed by atoms with Crippen molar-refractivity contribution in [1.29, 1.82) is 0 Å². The first kappa shape index (κ1) is 13.3. The van der Waals surface area contributed by atoms with E-state index in [1.54, 1.807) is 0 Å². The molecule has 0 amide bonds. The summed E-state index contributed by atoms with van der Waals surface area (Å²) in [4.78, 5) is 15.1. The first-order valence-electron chi connectivity index (χ1n) is 7.10. The van der Waals surface area contributed by atoms with Gasteiger partial charge in [-0.15, -0.1) is 10.2 Å². The fourth-order valence-corrected chi connectivity index (χ4v) is 3.23. The number of rotatable bonds is 5. The monoisotopic (exact) mass is 290 g/mol. The van der Waals surface area contributed by atoms with E-state index in [1.807, 2.05) is 6.07 Å². The molecule has 1 aliphatic carbocycles. The topological polar surface area (TPSA) is 70.7 Å². The van der Waals surface area contributed by atoms with Gasteiger partial charge in [-0.1, -0.05) is 24.7 Å². The molecule has 1 aliphatic rings. The molecule has 0 fully saturated rings. The third-order valence-electron chi connectivity index (χ3n) is 3.55. The predicted octanol–water partition coefficient (Wildman–Crippen LogP) is 2.59. The van der Waals surface area contributed by atoms with Gasteiger partial charge in [0.15, 0.2) is 5.01 Å². The molecule has 2 heterocycles. The molecule has 2 N–H and O–H groups in total. The van der Waals surface area contributed by atoms with Gasteiger partial charge >= 0.3 is 0 Å². The highest BCUT2D eigenvalue weighted by molar-refractivity contribution is 7.18. The van der Waals surface area contributed by atoms with Crippen LogP contribution in [-0.2, 0) is 12.8 Å². The molecule has 20 heavy (non-hydrogen) atoms. The Balaban J connectivity index is 1.84. The molecule has 0 unspecified atom stereocenters. The van der Waals surface area contributed by atoms with Crippen molar-refractivity contribution < 1.29 is 0 Å². The van der Waals surface area contributed by atoms with E-state index in [0.717, 1.165) is 49.5 Å². The third kappa shape index (κ3) is 2.60. The second-order valence-corrected chi connectivity index (χ2v) is 6.04. The average Bonchev–Trinajstić information content (AvgIpc) is 3.06. The second kappa shape index (κ2) is 5.75. The quantitative estimate of drug-likeness (QED) is 0.830. The van der Waals surface area contributed by atoms with Crippen molar-refractivity contribution in [2.75, 3.05) is 11.9 Å². The SMILES string of the molecule is CCCCNc1nnc(-c2cc3c([nH]c2=O)CCC3)s1. The van der Waals surface area contributed by atoms with Crippen LogP contribution in [0.15, 0.2) is 10.9 Å². The number of aryl methyl sites for hydroxylation is 2. The van der Waals surface area contributed by atoms with Crippen LogP contribution >= 0.6 is 11.3 Å². The number of anilines is 1. The molecular weight excluding hydrogens is 272 g/mol. The number of nitrogens with zero attached hydrogens (tertiary/aromatic N) is 2. The zero-order valence-electron chi connectivity index (χ0n) is 11.5. The van der Waals surface area contributed by atoms with Crippen LogP contribution in [0.1, 0.15) is 37.4 Å². The summed E-state index contributed by atoms with van der Waals surface area (Å²) in [6.45, 7) is 3.04. The van der Waals surface area contributed by atoms with Crippen LogP contribution < -0.4 is 10.9 Å². The molecule has 0 aliphatic heterocycles. The van der Waals surface area contributed by atoms with Gasteiger partial charge in [0.25, 0.3) is 5.56 Å². The number of unbranched alkanes of at least 4 members (excludes halogenated alkanes) is 1. The van der Waals surface area contributed by atoms with Crippen molar-refractivity contribution in [3.05, 3.63) is 27.7 Å². The van der Waals surface area contributed by atoms with E-state index in [2.05, 4.69) is 27.4 Å². The molecule has 106 valence electrons. The van der Waals surface area contributed by atoms with Gasteiger partial charge in [0, 0.05) is 12.2 Å². The van der Waals surface area contributed by atoms with Crippen LogP contribution in [0.25, 0.3) is 10.6 Å². The van der Waals surface area contributed by atoms with Crippen LogP contribution in [0.3, 0.4) is 0 Å². The largest absolute Gasteiger partial charge is 0.360 e. The minimum atomic E-state index is -0.0538. The van der Waals surface area contributed by atoms with Crippen LogP contribution in [0.4, 0.5) is 5.13 Å². The molecule has 0 atom stereocenters. The fourth-order valence-electron chi connectivity index (χ4n) is 2.45. The summed E-state index contributed by atoms with van der Waals surface area (Å²) in [5, 5.41) is 13.0. The number of pyridine rings is 1. The Bertz CT molecular complexity index is 661. The number of fused-ring (bicyclic) bond motifs is 1. The van der Waals surface area contributed by atoms with E-state index in [9.17, 15) is 4.79 Å². The summed E-state index contributed by atoms with van der Waals surface area (Å²) in [6, 6.07) is 1.98. The maximum atomic E-state index is 12.1. The molecule has 0 radical (unpaired) electrons. The third-order valence-corrected chi connectivity index (χ3v) is 4.46.